The first-order valence-corrected chi connectivity index (χ1v) is 12.0. The van der Waals surface area contributed by atoms with Gasteiger partial charge in [0.2, 0.25) is 17.5 Å². The molecule has 4 aromatic heterocycles. The van der Waals surface area contributed by atoms with E-state index in [4.69, 9.17) is 8.83 Å². The van der Waals surface area contributed by atoms with Gasteiger partial charge < -0.3 is 23.2 Å². The summed E-state index contributed by atoms with van der Waals surface area (Å²) in [6, 6.07) is 9.51. The molecule has 10 nitrogen and oxygen atoms in total. The van der Waals surface area contributed by atoms with Crippen LogP contribution in [0.25, 0.3) is 22.4 Å². The fraction of sp³-hybridized carbons (Fsp3) is 0.286. The van der Waals surface area contributed by atoms with Crippen molar-refractivity contribution in [3.63, 3.8) is 0 Å². The molecule has 0 unspecified atom stereocenters. The summed E-state index contributed by atoms with van der Waals surface area (Å²) in [5.41, 5.74) is 0.209. The topological polar surface area (TPSA) is 117 Å². The standard InChI is InChI=1S/C21H19N7O3S2/c1-26-18(16-5-3-11-32-16)24-25-21(26)33-13-17(29)27-6-8-28(9-7-27)20-14(12-22)23-19(31-20)15-4-2-10-30-15/h2-5,10-11H,6-9,13H2,1H3. The van der Waals surface area contributed by atoms with Gasteiger partial charge in [0.05, 0.1) is 16.9 Å². The van der Waals surface area contributed by atoms with E-state index in [1.165, 1.54) is 18.0 Å². The van der Waals surface area contributed by atoms with Gasteiger partial charge in [-0.05, 0) is 23.6 Å². The van der Waals surface area contributed by atoms with Gasteiger partial charge in [-0.25, -0.2) is 0 Å². The van der Waals surface area contributed by atoms with Gasteiger partial charge in [0.25, 0.3) is 5.89 Å². The molecule has 1 aliphatic rings. The average molecular weight is 482 g/mol. The summed E-state index contributed by atoms with van der Waals surface area (Å²) >= 11 is 2.98. The maximum absolute atomic E-state index is 12.8. The number of aromatic nitrogens is 4. The van der Waals surface area contributed by atoms with Crippen LogP contribution < -0.4 is 4.90 Å². The largest absolute Gasteiger partial charge is 0.459 e. The molecular formula is C21H19N7O3S2. The maximum Gasteiger partial charge on any atom is 0.266 e. The van der Waals surface area contributed by atoms with Gasteiger partial charge in [0.1, 0.15) is 6.07 Å². The van der Waals surface area contributed by atoms with Crippen molar-refractivity contribution in [2.24, 2.45) is 7.05 Å². The molecule has 5 rings (SSSR count). The monoisotopic (exact) mass is 481 g/mol. The van der Waals surface area contributed by atoms with E-state index in [0.717, 1.165) is 10.7 Å². The Balaban J connectivity index is 1.18. The lowest BCUT2D eigenvalue weighted by Gasteiger charge is -2.34. The molecule has 0 spiro atoms. The lowest BCUT2D eigenvalue weighted by molar-refractivity contribution is -0.128. The highest BCUT2D eigenvalue weighted by Crippen LogP contribution is 2.29. The number of carbonyl (C=O) groups excluding carboxylic acids is 1. The number of thiophene rings is 1. The smallest absolute Gasteiger partial charge is 0.266 e. The molecule has 33 heavy (non-hydrogen) atoms. The normalized spacial score (nSPS) is 13.9. The van der Waals surface area contributed by atoms with Crippen LogP contribution in [0.5, 0.6) is 0 Å². The van der Waals surface area contributed by atoms with E-state index in [9.17, 15) is 10.1 Å². The third kappa shape index (κ3) is 4.24. The second-order valence-electron chi connectivity index (χ2n) is 7.26. The summed E-state index contributed by atoms with van der Waals surface area (Å²) in [5, 5.41) is 20.6. The number of anilines is 1. The van der Waals surface area contributed by atoms with Crippen LogP contribution >= 0.6 is 23.1 Å². The Morgan fingerprint density at radius 1 is 1.24 bits per heavy atom. The third-order valence-corrected chi connectivity index (χ3v) is 7.14. The second-order valence-corrected chi connectivity index (χ2v) is 9.15. The number of amides is 1. The Bertz CT molecular complexity index is 1280. The van der Waals surface area contributed by atoms with Crippen molar-refractivity contribution >= 4 is 34.9 Å². The zero-order chi connectivity index (χ0) is 22.8. The zero-order valence-corrected chi connectivity index (χ0v) is 19.3. The van der Waals surface area contributed by atoms with Gasteiger partial charge in [-0.15, -0.1) is 21.5 Å². The van der Waals surface area contributed by atoms with E-state index in [1.807, 2.05) is 38.9 Å². The number of nitriles is 1. The molecule has 0 N–H and O–H groups in total. The summed E-state index contributed by atoms with van der Waals surface area (Å²) in [6.07, 6.45) is 1.53. The molecule has 0 aliphatic carbocycles. The van der Waals surface area contributed by atoms with E-state index in [2.05, 4.69) is 21.3 Å². The molecule has 0 saturated carbocycles. The highest BCUT2D eigenvalue weighted by Gasteiger charge is 2.27. The molecule has 0 bridgehead atoms. The van der Waals surface area contributed by atoms with Crippen LogP contribution in [0.1, 0.15) is 5.69 Å². The number of rotatable bonds is 6. The summed E-state index contributed by atoms with van der Waals surface area (Å²) in [4.78, 5) is 21.8. The van der Waals surface area contributed by atoms with E-state index < -0.39 is 0 Å². The number of carbonyl (C=O) groups is 1. The van der Waals surface area contributed by atoms with Crippen LogP contribution in [-0.4, -0.2) is 62.5 Å². The van der Waals surface area contributed by atoms with Crippen molar-refractivity contribution in [3.8, 4) is 28.4 Å². The summed E-state index contributed by atoms with van der Waals surface area (Å²) < 4.78 is 13.0. The number of hydrogen-bond acceptors (Lipinski definition) is 10. The number of oxazole rings is 1. The molecule has 168 valence electrons. The molecule has 5 heterocycles. The number of thioether (sulfide) groups is 1. The maximum atomic E-state index is 12.8. The third-order valence-electron chi connectivity index (χ3n) is 5.27. The molecular weight excluding hydrogens is 462 g/mol. The van der Waals surface area contributed by atoms with Gasteiger partial charge in [0, 0.05) is 33.2 Å². The van der Waals surface area contributed by atoms with Crippen molar-refractivity contribution in [1.29, 1.82) is 5.26 Å². The second kappa shape index (κ2) is 9.13. The quantitative estimate of drug-likeness (QED) is 0.383. The molecule has 1 aliphatic heterocycles. The molecule has 1 fully saturated rings. The molecule has 0 atom stereocenters. The van der Waals surface area contributed by atoms with E-state index in [0.29, 0.717) is 43.0 Å². The van der Waals surface area contributed by atoms with Gasteiger partial charge in [0.15, 0.2) is 16.7 Å². The lowest BCUT2D eigenvalue weighted by atomic mass is 10.3. The van der Waals surface area contributed by atoms with Crippen LogP contribution in [0, 0.1) is 11.3 Å². The van der Waals surface area contributed by atoms with Crippen LogP contribution in [0.15, 0.2) is 49.9 Å². The minimum atomic E-state index is 0.0367. The fourth-order valence-electron chi connectivity index (χ4n) is 3.54. The Morgan fingerprint density at radius 3 is 2.79 bits per heavy atom. The molecule has 0 aromatic carbocycles. The molecule has 12 heteroatoms. The molecule has 1 amide bonds. The van der Waals surface area contributed by atoms with E-state index in [1.54, 1.807) is 23.5 Å². The molecule has 4 aromatic rings. The minimum Gasteiger partial charge on any atom is -0.459 e. The number of nitrogens with zero attached hydrogens (tertiary/aromatic N) is 7. The highest BCUT2D eigenvalue weighted by atomic mass is 32.2. The van der Waals surface area contributed by atoms with Crippen molar-refractivity contribution in [1.82, 2.24) is 24.6 Å². The number of hydrogen-bond donors (Lipinski definition) is 0. The van der Waals surface area contributed by atoms with Gasteiger partial charge >= 0.3 is 0 Å². The van der Waals surface area contributed by atoms with Gasteiger partial charge in [-0.2, -0.15) is 10.2 Å². The number of furan rings is 1. The summed E-state index contributed by atoms with van der Waals surface area (Å²) in [7, 11) is 1.90. The first kappa shape index (κ1) is 21.3. The Kier molecular flexibility index (Phi) is 5.89. The Morgan fingerprint density at radius 2 is 2.09 bits per heavy atom. The van der Waals surface area contributed by atoms with Crippen molar-refractivity contribution in [3.05, 3.63) is 41.6 Å². The zero-order valence-electron chi connectivity index (χ0n) is 17.7. The highest BCUT2D eigenvalue weighted by molar-refractivity contribution is 7.99. The molecule has 1 saturated heterocycles. The predicted molar refractivity (Wildman–Crippen MR) is 123 cm³/mol. The Labute approximate surface area is 197 Å². The van der Waals surface area contributed by atoms with Crippen LogP contribution in [-0.2, 0) is 11.8 Å². The van der Waals surface area contributed by atoms with Gasteiger partial charge in [-0.3, -0.25) is 4.79 Å². The summed E-state index contributed by atoms with van der Waals surface area (Å²) in [5.74, 6) is 2.26. The summed E-state index contributed by atoms with van der Waals surface area (Å²) in [6.45, 7) is 2.15. The van der Waals surface area contributed by atoms with Gasteiger partial charge in [-0.1, -0.05) is 17.8 Å². The first-order chi connectivity index (χ1) is 16.1. The van der Waals surface area contributed by atoms with Crippen molar-refractivity contribution in [2.75, 3.05) is 36.8 Å². The van der Waals surface area contributed by atoms with Crippen LogP contribution in [0.4, 0.5) is 5.88 Å². The fourth-order valence-corrected chi connectivity index (χ4v) is 5.10. The minimum absolute atomic E-state index is 0.0367. The Hall–Kier alpha value is -3.56. The SMILES string of the molecule is Cn1c(SCC(=O)N2CCN(c3oc(-c4ccco4)nc3C#N)CC2)nnc1-c1cccs1. The first-order valence-electron chi connectivity index (χ1n) is 10.2. The number of piperazine rings is 1. The van der Waals surface area contributed by atoms with Crippen LogP contribution in [0.3, 0.4) is 0 Å². The lowest BCUT2D eigenvalue weighted by Crippen LogP contribution is -2.49. The van der Waals surface area contributed by atoms with E-state index in [-0.39, 0.29) is 23.2 Å². The van der Waals surface area contributed by atoms with Crippen molar-refractivity contribution in [2.45, 2.75) is 5.16 Å². The van der Waals surface area contributed by atoms with Crippen molar-refractivity contribution < 1.29 is 13.6 Å². The molecule has 0 radical (unpaired) electrons. The van der Waals surface area contributed by atoms with Crippen LogP contribution in [0.2, 0.25) is 0 Å². The average Bonchev–Trinajstić information content (AvgIpc) is 3.64. The predicted octanol–water partition coefficient (Wildman–Crippen LogP) is 3.10. The van der Waals surface area contributed by atoms with E-state index >= 15 is 0 Å².